The van der Waals surface area contributed by atoms with Gasteiger partial charge >= 0.3 is 0 Å². The first-order valence-corrected chi connectivity index (χ1v) is 9.88. The minimum atomic E-state index is -0.958. The van der Waals surface area contributed by atoms with Crippen LogP contribution in [0, 0.1) is 22.0 Å². The van der Waals surface area contributed by atoms with Crippen LogP contribution in [0.4, 0.5) is 11.4 Å². The molecular formula is C21H15ClN4O5. The molecule has 3 aliphatic heterocycles. The van der Waals surface area contributed by atoms with Crippen LogP contribution in [0.5, 0.6) is 0 Å². The van der Waals surface area contributed by atoms with Gasteiger partial charge < -0.3 is 10.2 Å². The molecule has 3 heterocycles. The average molecular weight is 439 g/mol. The molecule has 3 amide bonds. The summed E-state index contributed by atoms with van der Waals surface area (Å²) in [5, 5.41) is 16.1. The number of imide groups is 1. The van der Waals surface area contributed by atoms with Crippen molar-refractivity contribution >= 4 is 46.8 Å². The second kappa shape index (κ2) is 6.92. The maximum Gasteiger partial charge on any atom is 0.289 e. The van der Waals surface area contributed by atoms with Gasteiger partial charge in [-0.2, -0.15) is 0 Å². The van der Waals surface area contributed by atoms with Crippen molar-refractivity contribution in [2.24, 2.45) is 11.8 Å². The molecule has 2 N–H and O–H groups in total. The summed E-state index contributed by atoms with van der Waals surface area (Å²) in [7, 11) is 0. The lowest BCUT2D eigenvalue weighted by atomic mass is 9.84. The molecule has 3 aliphatic rings. The molecule has 2 aromatic rings. The van der Waals surface area contributed by atoms with Crippen LogP contribution in [-0.4, -0.2) is 33.6 Å². The molecule has 9 nitrogen and oxygen atoms in total. The van der Waals surface area contributed by atoms with Crippen molar-refractivity contribution in [3.05, 3.63) is 74.9 Å². The molecule has 0 aromatic heterocycles. The van der Waals surface area contributed by atoms with Crippen molar-refractivity contribution < 1.29 is 19.3 Å². The molecule has 0 unspecified atom stereocenters. The Morgan fingerprint density at radius 1 is 1.13 bits per heavy atom. The number of anilines is 1. The van der Waals surface area contributed by atoms with Crippen LogP contribution < -0.4 is 10.6 Å². The van der Waals surface area contributed by atoms with E-state index >= 15 is 0 Å². The molecule has 156 valence electrons. The number of carbonyl (C=O) groups is 3. The second-order valence-electron chi connectivity index (χ2n) is 7.60. The Labute approximate surface area is 180 Å². The Morgan fingerprint density at radius 2 is 1.87 bits per heavy atom. The minimum absolute atomic E-state index is 0.0552. The fourth-order valence-electron chi connectivity index (χ4n) is 4.72. The number of halogens is 1. The number of fused-ring (bicyclic) bond motifs is 5. The third kappa shape index (κ3) is 2.89. The molecule has 2 fully saturated rings. The number of rotatable bonds is 3. The van der Waals surface area contributed by atoms with Gasteiger partial charge in [-0.25, -0.2) is 0 Å². The highest BCUT2D eigenvalue weighted by atomic mass is 35.5. The molecule has 31 heavy (non-hydrogen) atoms. The Balaban J connectivity index is 1.52. The Bertz CT molecular complexity index is 1200. The van der Waals surface area contributed by atoms with Gasteiger partial charge in [0.2, 0.25) is 17.7 Å². The van der Waals surface area contributed by atoms with Gasteiger partial charge in [-0.15, -0.1) is 0 Å². The van der Waals surface area contributed by atoms with Gasteiger partial charge in [0.1, 0.15) is 11.1 Å². The monoisotopic (exact) mass is 438 g/mol. The average Bonchev–Trinajstić information content (AvgIpc) is 3.24. The van der Waals surface area contributed by atoms with E-state index in [9.17, 15) is 24.5 Å². The molecule has 0 saturated carbocycles. The van der Waals surface area contributed by atoms with Crippen LogP contribution in [0.2, 0.25) is 5.02 Å². The third-order valence-corrected chi connectivity index (χ3v) is 6.30. The van der Waals surface area contributed by atoms with Gasteiger partial charge in [0.15, 0.2) is 0 Å². The molecule has 0 bridgehead atoms. The Morgan fingerprint density at radius 3 is 2.65 bits per heavy atom. The Hall–Kier alpha value is -3.72. The van der Waals surface area contributed by atoms with Crippen LogP contribution in [-0.2, 0) is 14.4 Å². The molecule has 0 aliphatic carbocycles. The Kier molecular flexibility index (Phi) is 4.30. The highest BCUT2D eigenvalue weighted by Gasteiger charge is 2.61. The van der Waals surface area contributed by atoms with Crippen LogP contribution in [0.3, 0.4) is 0 Å². The van der Waals surface area contributed by atoms with Gasteiger partial charge in [-0.3, -0.25) is 29.8 Å². The minimum Gasteiger partial charge on any atom is -0.357 e. The number of nitrogens with one attached hydrogen (secondary N) is 2. The van der Waals surface area contributed by atoms with Crippen molar-refractivity contribution in [1.29, 1.82) is 0 Å². The lowest BCUT2D eigenvalue weighted by Crippen LogP contribution is -2.45. The molecule has 10 heteroatoms. The zero-order valence-electron chi connectivity index (χ0n) is 15.8. The van der Waals surface area contributed by atoms with Gasteiger partial charge in [0, 0.05) is 18.0 Å². The summed E-state index contributed by atoms with van der Waals surface area (Å²) < 4.78 is 0. The number of hydrogen-bond donors (Lipinski definition) is 2. The van der Waals surface area contributed by atoms with E-state index in [1.54, 1.807) is 11.1 Å². The lowest BCUT2D eigenvalue weighted by molar-refractivity contribution is -0.384. The van der Waals surface area contributed by atoms with Gasteiger partial charge in [0.25, 0.3) is 5.69 Å². The van der Waals surface area contributed by atoms with E-state index in [4.69, 9.17) is 11.6 Å². The third-order valence-electron chi connectivity index (χ3n) is 5.98. The van der Waals surface area contributed by atoms with Crippen LogP contribution in [0.1, 0.15) is 17.2 Å². The standard InChI is InChI=1S/C21H15ClN4O5/c22-13-6-5-11(9-14(13)26(30)31)23-21(29)18-16-15(19(27)24-20(16)28)17-12-4-2-1-3-10(12)7-8-25(17)18/h1-9,15-18H,(H,23,29)(H,24,27,28)/t15-,16+,17+,18-/m0/s1. The maximum atomic E-state index is 13.3. The highest BCUT2D eigenvalue weighted by molar-refractivity contribution is 6.32. The van der Waals surface area contributed by atoms with Crippen molar-refractivity contribution in [1.82, 2.24) is 10.2 Å². The summed E-state index contributed by atoms with van der Waals surface area (Å²) in [6.45, 7) is 0. The molecule has 0 spiro atoms. The van der Waals surface area contributed by atoms with E-state index in [2.05, 4.69) is 10.6 Å². The van der Waals surface area contributed by atoms with Crippen LogP contribution >= 0.6 is 11.6 Å². The van der Waals surface area contributed by atoms with Crippen molar-refractivity contribution in [2.75, 3.05) is 5.32 Å². The fraction of sp³-hybridized carbons (Fsp3) is 0.190. The number of hydrogen-bond acceptors (Lipinski definition) is 6. The van der Waals surface area contributed by atoms with E-state index in [1.165, 1.54) is 12.1 Å². The molecule has 2 saturated heterocycles. The SMILES string of the molecule is O=C1NC(=O)[C@H]2[C@@H]1[C@@H](C(=O)Nc1ccc(Cl)c([N+](=O)[O-])c1)N1C=Cc3ccccc3[C@H]21. The summed E-state index contributed by atoms with van der Waals surface area (Å²) in [5.41, 5.74) is 1.61. The molecule has 5 rings (SSSR count). The summed E-state index contributed by atoms with van der Waals surface area (Å²) in [6.07, 6.45) is 3.56. The van der Waals surface area contributed by atoms with E-state index in [0.717, 1.165) is 17.2 Å². The summed E-state index contributed by atoms with van der Waals surface area (Å²) >= 11 is 5.84. The van der Waals surface area contributed by atoms with E-state index in [1.807, 2.05) is 30.3 Å². The van der Waals surface area contributed by atoms with Gasteiger partial charge in [0.05, 0.1) is 22.8 Å². The second-order valence-corrected chi connectivity index (χ2v) is 8.01. The first kappa shape index (κ1) is 19.3. The van der Waals surface area contributed by atoms with Crippen molar-refractivity contribution in [2.45, 2.75) is 12.1 Å². The number of amides is 3. The summed E-state index contributed by atoms with van der Waals surface area (Å²) in [4.78, 5) is 50.7. The number of nitro groups is 1. The molecule has 0 radical (unpaired) electrons. The topological polar surface area (TPSA) is 122 Å². The lowest BCUT2D eigenvalue weighted by Gasteiger charge is -2.34. The maximum absolute atomic E-state index is 13.3. The highest BCUT2D eigenvalue weighted by Crippen LogP contribution is 2.50. The quantitative estimate of drug-likeness (QED) is 0.431. The largest absolute Gasteiger partial charge is 0.357 e. The summed E-state index contributed by atoms with van der Waals surface area (Å²) in [5.74, 6) is -3.04. The van der Waals surface area contributed by atoms with Crippen LogP contribution in [0.15, 0.2) is 48.7 Å². The zero-order valence-corrected chi connectivity index (χ0v) is 16.6. The smallest absolute Gasteiger partial charge is 0.289 e. The van der Waals surface area contributed by atoms with Gasteiger partial charge in [-0.05, 0) is 29.3 Å². The van der Waals surface area contributed by atoms with Crippen molar-refractivity contribution in [3.63, 3.8) is 0 Å². The van der Waals surface area contributed by atoms with E-state index in [-0.39, 0.29) is 16.4 Å². The molecule has 4 atom stereocenters. The van der Waals surface area contributed by atoms with Crippen LogP contribution in [0.25, 0.3) is 6.08 Å². The zero-order chi connectivity index (χ0) is 21.9. The van der Waals surface area contributed by atoms with Gasteiger partial charge in [-0.1, -0.05) is 35.9 Å². The summed E-state index contributed by atoms with van der Waals surface area (Å²) in [6, 6.07) is 10.0. The predicted octanol–water partition coefficient (Wildman–Crippen LogP) is 2.49. The number of benzene rings is 2. The molecule has 2 aromatic carbocycles. The van der Waals surface area contributed by atoms with E-state index in [0.29, 0.717) is 0 Å². The van der Waals surface area contributed by atoms with Crippen molar-refractivity contribution in [3.8, 4) is 0 Å². The number of carbonyl (C=O) groups excluding carboxylic acids is 3. The first-order chi connectivity index (χ1) is 14.9. The first-order valence-electron chi connectivity index (χ1n) is 9.51. The number of nitro benzene ring substituents is 1. The normalized spacial score (nSPS) is 25.5. The fourth-order valence-corrected chi connectivity index (χ4v) is 4.91. The number of nitrogens with zero attached hydrogens (tertiary/aromatic N) is 2. The van der Waals surface area contributed by atoms with E-state index < -0.39 is 46.6 Å². The predicted molar refractivity (Wildman–Crippen MR) is 111 cm³/mol. The molecular weight excluding hydrogens is 424 g/mol.